The zero-order chi connectivity index (χ0) is 21.3. The number of halogens is 3. The van der Waals surface area contributed by atoms with Crippen molar-refractivity contribution in [2.45, 2.75) is 32.4 Å². The van der Waals surface area contributed by atoms with Gasteiger partial charge in [0.25, 0.3) is 0 Å². The molecule has 2 fully saturated rings. The number of nitrogens with one attached hydrogen (secondary N) is 1. The molecule has 2 saturated heterocycles. The monoisotopic (exact) mass is 420 g/mol. The summed E-state index contributed by atoms with van der Waals surface area (Å²) in [4.78, 5) is 19.8. The van der Waals surface area contributed by atoms with Crippen LogP contribution in [0.1, 0.15) is 31.7 Å². The summed E-state index contributed by atoms with van der Waals surface area (Å²) in [5, 5.41) is 3.37. The Kier molecular flexibility index (Phi) is 5.75. The van der Waals surface area contributed by atoms with Crippen LogP contribution in [-0.4, -0.2) is 48.6 Å². The van der Waals surface area contributed by atoms with Crippen molar-refractivity contribution in [1.82, 2.24) is 15.2 Å². The Hall–Kier alpha value is -2.51. The molecule has 2 atom stereocenters. The van der Waals surface area contributed by atoms with Gasteiger partial charge < -0.3 is 15.1 Å². The van der Waals surface area contributed by atoms with Crippen molar-refractivity contribution in [2.75, 3.05) is 37.6 Å². The van der Waals surface area contributed by atoms with E-state index >= 15 is 0 Å². The molecule has 1 N–H and O–H groups in total. The number of anilines is 1. The summed E-state index contributed by atoms with van der Waals surface area (Å²) < 4.78 is 40.3. The van der Waals surface area contributed by atoms with Crippen LogP contribution in [-0.2, 0) is 6.18 Å². The van der Waals surface area contributed by atoms with Gasteiger partial charge in [0.05, 0.1) is 11.1 Å². The second-order valence-electron chi connectivity index (χ2n) is 8.50. The summed E-state index contributed by atoms with van der Waals surface area (Å²) in [7, 11) is 0. The average molecular weight is 420 g/mol. The van der Waals surface area contributed by atoms with Gasteiger partial charge in [-0.05, 0) is 55.4 Å². The second kappa shape index (κ2) is 8.32. The lowest BCUT2D eigenvalue weighted by molar-refractivity contribution is -0.136. The number of hydrogen-bond donors (Lipinski definition) is 1. The minimum Gasteiger partial charge on any atom is -0.370 e. The second-order valence-corrected chi connectivity index (χ2v) is 8.50. The van der Waals surface area contributed by atoms with Crippen LogP contribution in [0.15, 0.2) is 30.5 Å². The molecule has 0 radical (unpaired) electrons. The van der Waals surface area contributed by atoms with Crippen molar-refractivity contribution in [3.8, 4) is 0 Å². The Morgan fingerprint density at radius 2 is 2.07 bits per heavy atom. The van der Waals surface area contributed by atoms with E-state index in [1.54, 1.807) is 18.2 Å². The number of aromatic nitrogens is 1. The molecule has 0 saturated carbocycles. The van der Waals surface area contributed by atoms with Gasteiger partial charge in [0.2, 0.25) is 0 Å². The first-order valence-electron chi connectivity index (χ1n) is 10.6. The number of carbonyl (C=O) groups excluding carboxylic acids is 1. The zero-order valence-corrected chi connectivity index (χ0v) is 17.1. The summed E-state index contributed by atoms with van der Waals surface area (Å²) in [6, 6.07) is 6.18. The van der Waals surface area contributed by atoms with Crippen LogP contribution in [0.2, 0.25) is 0 Å². The van der Waals surface area contributed by atoms with E-state index in [2.05, 4.69) is 22.1 Å². The highest BCUT2D eigenvalue weighted by Gasteiger charge is 2.34. The number of fused-ring (bicyclic) bond motifs is 1. The summed E-state index contributed by atoms with van der Waals surface area (Å²) in [6.07, 6.45) is 0.0249. The molecule has 0 unspecified atom stereocenters. The predicted octanol–water partition coefficient (Wildman–Crippen LogP) is 4.52. The van der Waals surface area contributed by atoms with E-state index in [0.29, 0.717) is 23.8 Å². The fraction of sp³-hybridized carbons (Fsp3) is 0.545. The lowest BCUT2D eigenvalue weighted by Crippen LogP contribution is -2.40. The summed E-state index contributed by atoms with van der Waals surface area (Å²) in [5.41, 5.74) is 0.145. The molecular weight excluding hydrogens is 393 g/mol. The first kappa shape index (κ1) is 20.8. The Balaban J connectivity index is 1.50. The molecular formula is C22H27F3N4O. The van der Waals surface area contributed by atoms with Crippen molar-refractivity contribution in [1.29, 1.82) is 0 Å². The van der Waals surface area contributed by atoms with Gasteiger partial charge in [0, 0.05) is 50.0 Å². The van der Waals surface area contributed by atoms with Crippen molar-refractivity contribution in [3.05, 3.63) is 36.0 Å². The lowest BCUT2D eigenvalue weighted by atomic mass is 9.86. The standard InChI is InChI=1S/C22H27F3N4O/c1-15-12-16(4-3-10-28-11-9-27-21(28)30)14-29(13-15)19-7-6-18(22(23,24)25)20-17(19)5-2-8-26-20/h2,5-8,15-16H,3-4,9-14H2,1H3,(H,27,30)/t15-,16+/m0/s1. The third kappa shape index (κ3) is 4.32. The maximum Gasteiger partial charge on any atom is 0.418 e. The number of hydrogen-bond acceptors (Lipinski definition) is 3. The van der Waals surface area contributed by atoms with E-state index in [1.807, 2.05) is 4.90 Å². The van der Waals surface area contributed by atoms with Gasteiger partial charge in [-0.3, -0.25) is 4.98 Å². The fourth-order valence-electron chi connectivity index (χ4n) is 4.84. The third-order valence-electron chi connectivity index (χ3n) is 6.12. The molecule has 30 heavy (non-hydrogen) atoms. The van der Waals surface area contributed by atoms with Crippen LogP contribution >= 0.6 is 0 Å². The van der Waals surface area contributed by atoms with Gasteiger partial charge in [0.1, 0.15) is 0 Å². The van der Waals surface area contributed by atoms with Crippen LogP contribution in [0.25, 0.3) is 10.9 Å². The maximum absolute atomic E-state index is 13.4. The normalized spacial score (nSPS) is 22.6. The Morgan fingerprint density at radius 3 is 2.80 bits per heavy atom. The fourth-order valence-corrected chi connectivity index (χ4v) is 4.84. The molecule has 2 aliphatic heterocycles. The van der Waals surface area contributed by atoms with Crippen LogP contribution in [0.3, 0.4) is 0 Å². The highest BCUT2D eigenvalue weighted by molar-refractivity contribution is 5.94. The smallest absolute Gasteiger partial charge is 0.370 e. The van der Waals surface area contributed by atoms with Gasteiger partial charge in [-0.25, -0.2) is 4.79 Å². The SMILES string of the molecule is C[C@H]1C[C@@H](CCCN2CCNC2=O)CN(c2ccc(C(F)(F)F)c3ncccc23)C1. The van der Waals surface area contributed by atoms with Crippen molar-refractivity contribution in [3.63, 3.8) is 0 Å². The summed E-state index contributed by atoms with van der Waals surface area (Å²) >= 11 is 0. The minimum absolute atomic E-state index is 0.0114. The number of nitrogens with zero attached hydrogens (tertiary/aromatic N) is 3. The highest BCUT2D eigenvalue weighted by Crippen LogP contribution is 2.39. The number of amides is 2. The van der Waals surface area contributed by atoms with Crippen molar-refractivity contribution in [2.24, 2.45) is 11.8 Å². The number of alkyl halides is 3. The Bertz CT molecular complexity index is 917. The van der Waals surface area contributed by atoms with Crippen LogP contribution in [0.5, 0.6) is 0 Å². The van der Waals surface area contributed by atoms with Gasteiger partial charge >= 0.3 is 12.2 Å². The first-order chi connectivity index (χ1) is 14.3. The molecule has 0 spiro atoms. The molecule has 0 aliphatic carbocycles. The number of carbonyl (C=O) groups is 1. The Labute approximate surface area is 174 Å². The van der Waals surface area contributed by atoms with E-state index in [-0.39, 0.29) is 11.5 Å². The van der Waals surface area contributed by atoms with Crippen molar-refractivity contribution < 1.29 is 18.0 Å². The van der Waals surface area contributed by atoms with Gasteiger partial charge in [-0.15, -0.1) is 0 Å². The molecule has 1 aromatic heterocycles. The number of pyridine rings is 1. The molecule has 4 rings (SSSR count). The molecule has 0 bridgehead atoms. The first-order valence-corrected chi connectivity index (χ1v) is 10.6. The van der Waals surface area contributed by atoms with Gasteiger partial charge in [-0.1, -0.05) is 6.92 Å². The van der Waals surface area contributed by atoms with E-state index in [9.17, 15) is 18.0 Å². The molecule has 8 heteroatoms. The molecule has 1 aromatic carbocycles. The average Bonchev–Trinajstić information content (AvgIpc) is 3.11. The number of benzene rings is 1. The molecule has 2 aliphatic rings. The topological polar surface area (TPSA) is 48.5 Å². The predicted molar refractivity (Wildman–Crippen MR) is 110 cm³/mol. The number of urea groups is 1. The maximum atomic E-state index is 13.4. The molecule has 2 amide bonds. The number of piperidine rings is 1. The quantitative estimate of drug-likeness (QED) is 0.774. The minimum atomic E-state index is -4.43. The highest BCUT2D eigenvalue weighted by atomic mass is 19.4. The molecule has 5 nitrogen and oxygen atoms in total. The van der Waals surface area contributed by atoms with E-state index < -0.39 is 11.7 Å². The third-order valence-corrected chi connectivity index (χ3v) is 6.12. The molecule has 2 aromatic rings. The lowest BCUT2D eigenvalue weighted by Gasteiger charge is -2.39. The molecule has 3 heterocycles. The van der Waals surface area contributed by atoms with Gasteiger partial charge in [0.15, 0.2) is 0 Å². The largest absolute Gasteiger partial charge is 0.418 e. The zero-order valence-electron chi connectivity index (χ0n) is 17.1. The van der Waals surface area contributed by atoms with E-state index in [4.69, 9.17) is 0 Å². The van der Waals surface area contributed by atoms with Gasteiger partial charge in [-0.2, -0.15) is 13.2 Å². The van der Waals surface area contributed by atoms with Crippen LogP contribution in [0.4, 0.5) is 23.7 Å². The van der Waals surface area contributed by atoms with E-state index in [1.165, 1.54) is 6.20 Å². The Morgan fingerprint density at radius 1 is 1.23 bits per heavy atom. The van der Waals surface area contributed by atoms with E-state index in [0.717, 1.165) is 57.2 Å². The molecule has 162 valence electrons. The number of rotatable bonds is 5. The van der Waals surface area contributed by atoms with Crippen molar-refractivity contribution >= 4 is 22.6 Å². The summed E-state index contributed by atoms with van der Waals surface area (Å²) in [6.45, 7) is 6.05. The summed E-state index contributed by atoms with van der Waals surface area (Å²) in [5.74, 6) is 0.904. The van der Waals surface area contributed by atoms with Crippen LogP contribution < -0.4 is 10.2 Å². The van der Waals surface area contributed by atoms with Crippen LogP contribution in [0, 0.1) is 11.8 Å².